The van der Waals surface area contributed by atoms with Crippen molar-refractivity contribution in [1.29, 1.82) is 0 Å². The Morgan fingerprint density at radius 3 is 2.54 bits per heavy atom. The Morgan fingerprint density at radius 2 is 1.85 bits per heavy atom. The fraction of sp³-hybridized carbons (Fsp3) is 0.263. The van der Waals surface area contributed by atoms with E-state index in [1.54, 1.807) is 40.9 Å². The van der Waals surface area contributed by atoms with Gasteiger partial charge in [0.2, 0.25) is 0 Å². The number of tetrazole rings is 1. The van der Waals surface area contributed by atoms with Crippen molar-refractivity contribution < 1.29 is 9.53 Å². The van der Waals surface area contributed by atoms with E-state index in [4.69, 9.17) is 4.74 Å². The molecule has 3 aromatic rings. The van der Waals surface area contributed by atoms with E-state index in [9.17, 15) is 4.79 Å². The first-order chi connectivity index (χ1) is 12.7. The van der Waals surface area contributed by atoms with Crippen molar-refractivity contribution in [1.82, 2.24) is 25.1 Å². The Balaban J connectivity index is 1.59. The fourth-order valence-electron chi connectivity index (χ4n) is 2.56. The molecule has 0 unspecified atom stereocenters. The molecule has 0 atom stereocenters. The number of aryl methyl sites for hydroxylation is 1. The molecule has 7 heteroatoms. The summed E-state index contributed by atoms with van der Waals surface area (Å²) >= 11 is 0. The van der Waals surface area contributed by atoms with Crippen LogP contribution in [-0.4, -0.2) is 38.1 Å². The second-order valence-corrected chi connectivity index (χ2v) is 5.87. The van der Waals surface area contributed by atoms with Gasteiger partial charge >= 0.3 is 0 Å². The maximum atomic E-state index is 12.5. The highest BCUT2D eigenvalue weighted by atomic mass is 16.5. The maximum absolute atomic E-state index is 12.5. The van der Waals surface area contributed by atoms with E-state index in [0.29, 0.717) is 30.2 Å². The van der Waals surface area contributed by atoms with E-state index >= 15 is 0 Å². The molecule has 1 amide bonds. The highest BCUT2D eigenvalue weighted by Crippen LogP contribution is 2.15. The number of rotatable bonds is 7. The molecule has 0 aliphatic rings. The monoisotopic (exact) mass is 351 g/mol. The van der Waals surface area contributed by atoms with Crippen LogP contribution in [0.5, 0.6) is 5.75 Å². The Kier molecular flexibility index (Phi) is 5.58. The van der Waals surface area contributed by atoms with Crippen LogP contribution in [0, 0.1) is 0 Å². The predicted octanol–water partition coefficient (Wildman–Crippen LogP) is 2.54. The molecule has 134 valence electrons. The van der Waals surface area contributed by atoms with Crippen molar-refractivity contribution in [2.24, 2.45) is 0 Å². The normalized spacial score (nSPS) is 10.5. The molecule has 7 nitrogen and oxygen atoms in total. The van der Waals surface area contributed by atoms with Crippen LogP contribution in [0.4, 0.5) is 0 Å². The third kappa shape index (κ3) is 4.24. The zero-order valence-corrected chi connectivity index (χ0v) is 14.9. The van der Waals surface area contributed by atoms with Crippen molar-refractivity contribution in [2.45, 2.75) is 26.6 Å². The van der Waals surface area contributed by atoms with Crippen LogP contribution < -0.4 is 4.74 Å². The Hall–Kier alpha value is -3.22. The molecule has 1 heterocycles. The molecule has 0 N–H and O–H groups in total. The summed E-state index contributed by atoms with van der Waals surface area (Å²) in [6.07, 6.45) is 0. The molecule has 1 aromatic heterocycles. The van der Waals surface area contributed by atoms with Gasteiger partial charge in [0.05, 0.1) is 0 Å². The first-order valence-corrected chi connectivity index (χ1v) is 8.44. The van der Waals surface area contributed by atoms with Crippen LogP contribution in [0.25, 0.3) is 0 Å². The van der Waals surface area contributed by atoms with Gasteiger partial charge in [-0.2, -0.15) is 0 Å². The summed E-state index contributed by atoms with van der Waals surface area (Å²) in [5, 5.41) is 11.4. The smallest absolute Gasteiger partial charge is 0.253 e. The van der Waals surface area contributed by atoms with Gasteiger partial charge in [-0.25, -0.2) is 4.68 Å². The van der Waals surface area contributed by atoms with E-state index in [1.807, 2.05) is 37.3 Å². The minimum atomic E-state index is -0.0321. The van der Waals surface area contributed by atoms with Crippen LogP contribution in [0.15, 0.2) is 54.6 Å². The molecule has 0 bridgehead atoms. The minimum absolute atomic E-state index is 0.0321. The van der Waals surface area contributed by atoms with Crippen molar-refractivity contribution in [2.75, 3.05) is 7.05 Å². The van der Waals surface area contributed by atoms with Gasteiger partial charge in [-0.3, -0.25) is 4.79 Å². The highest BCUT2D eigenvalue weighted by molar-refractivity contribution is 5.94. The average Bonchev–Trinajstić information content (AvgIpc) is 3.14. The van der Waals surface area contributed by atoms with Crippen molar-refractivity contribution in [3.05, 3.63) is 71.5 Å². The molecule has 0 fully saturated rings. The summed E-state index contributed by atoms with van der Waals surface area (Å²) in [5.74, 6) is 1.29. The van der Waals surface area contributed by atoms with E-state index < -0.39 is 0 Å². The van der Waals surface area contributed by atoms with Gasteiger partial charge in [0.15, 0.2) is 5.82 Å². The Bertz CT molecular complexity index is 846. The molecule has 26 heavy (non-hydrogen) atoms. The fourth-order valence-corrected chi connectivity index (χ4v) is 2.56. The van der Waals surface area contributed by atoms with E-state index in [0.717, 1.165) is 5.56 Å². The maximum Gasteiger partial charge on any atom is 0.253 e. The lowest BCUT2D eigenvalue weighted by atomic mass is 10.1. The summed E-state index contributed by atoms with van der Waals surface area (Å²) in [7, 11) is 1.80. The number of ether oxygens (including phenoxy) is 1. The third-order valence-electron chi connectivity index (χ3n) is 3.98. The number of carbonyl (C=O) groups is 1. The summed E-state index contributed by atoms with van der Waals surface area (Å²) in [5.41, 5.74) is 1.71. The average molecular weight is 351 g/mol. The van der Waals surface area contributed by atoms with E-state index in [1.165, 1.54) is 0 Å². The van der Waals surface area contributed by atoms with Gasteiger partial charge in [-0.15, -0.1) is 5.10 Å². The highest BCUT2D eigenvalue weighted by Gasteiger charge is 2.12. The Labute approximate surface area is 152 Å². The molecule has 0 aliphatic carbocycles. The number of carbonyl (C=O) groups excluding carboxylic acids is 1. The van der Waals surface area contributed by atoms with Gasteiger partial charge in [0.1, 0.15) is 12.4 Å². The number of hydrogen-bond donors (Lipinski definition) is 0. The molecular formula is C19H21N5O2. The molecular weight excluding hydrogens is 330 g/mol. The molecule has 2 aromatic carbocycles. The second-order valence-electron chi connectivity index (χ2n) is 5.87. The molecule has 0 saturated carbocycles. The quantitative estimate of drug-likeness (QED) is 0.654. The molecule has 0 radical (unpaired) electrons. The Morgan fingerprint density at radius 1 is 1.12 bits per heavy atom. The van der Waals surface area contributed by atoms with Gasteiger partial charge in [-0.1, -0.05) is 30.3 Å². The standard InChI is InChI=1S/C19H21N5O2/c1-3-24-18(20-21-22-24)14-26-17-11-9-16(10-12-17)19(25)23(2)13-15-7-5-4-6-8-15/h4-12H,3,13-14H2,1-2H3. The number of hydrogen-bond acceptors (Lipinski definition) is 5. The lowest BCUT2D eigenvalue weighted by Crippen LogP contribution is -2.26. The zero-order chi connectivity index (χ0) is 18.4. The van der Waals surface area contributed by atoms with Crippen molar-refractivity contribution in [3.63, 3.8) is 0 Å². The topological polar surface area (TPSA) is 73.1 Å². The summed E-state index contributed by atoms with van der Waals surface area (Å²) in [6.45, 7) is 3.50. The van der Waals surface area contributed by atoms with Crippen LogP contribution in [0.2, 0.25) is 0 Å². The first-order valence-electron chi connectivity index (χ1n) is 8.44. The van der Waals surface area contributed by atoms with Gasteiger partial charge in [0.25, 0.3) is 5.91 Å². The van der Waals surface area contributed by atoms with E-state index in [-0.39, 0.29) is 12.5 Å². The predicted molar refractivity (Wildman–Crippen MR) is 96.5 cm³/mol. The lowest BCUT2D eigenvalue weighted by Gasteiger charge is -2.17. The first kappa shape index (κ1) is 17.6. The zero-order valence-electron chi connectivity index (χ0n) is 14.9. The van der Waals surface area contributed by atoms with Crippen LogP contribution in [0.3, 0.4) is 0 Å². The third-order valence-corrected chi connectivity index (χ3v) is 3.98. The van der Waals surface area contributed by atoms with Crippen LogP contribution in [0.1, 0.15) is 28.7 Å². The van der Waals surface area contributed by atoms with Crippen molar-refractivity contribution in [3.8, 4) is 5.75 Å². The van der Waals surface area contributed by atoms with E-state index in [2.05, 4.69) is 15.5 Å². The molecule has 0 aliphatic heterocycles. The summed E-state index contributed by atoms with van der Waals surface area (Å²) in [4.78, 5) is 14.2. The molecule has 0 saturated heterocycles. The summed E-state index contributed by atoms with van der Waals surface area (Å²) in [6, 6.07) is 17.0. The number of aromatic nitrogens is 4. The lowest BCUT2D eigenvalue weighted by molar-refractivity contribution is 0.0785. The van der Waals surface area contributed by atoms with Gasteiger partial charge < -0.3 is 9.64 Å². The van der Waals surface area contributed by atoms with Crippen molar-refractivity contribution >= 4 is 5.91 Å². The van der Waals surface area contributed by atoms with Gasteiger partial charge in [0, 0.05) is 25.7 Å². The number of nitrogens with zero attached hydrogens (tertiary/aromatic N) is 5. The molecule has 3 rings (SSSR count). The second kappa shape index (κ2) is 8.24. The van der Waals surface area contributed by atoms with Crippen LogP contribution in [-0.2, 0) is 19.7 Å². The summed E-state index contributed by atoms with van der Waals surface area (Å²) < 4.78 is 7.37. The SMILES string of the molecule is CCn1nnnc1COc1ccc(C(=O)N(C)Cc2ccccc2)cc1. The van der Waals surface area contributed by atoms with Gasteiger partial charge in [-0.05, 0) is 47.2 Å². The number of benzene rings is 2. The number of amides is 1. The largest absolute Gasteiger partial charge is 0.486 e. The molecule has 0 spiro atoms. The minimum Gasteiger partial charge on any atom is -0.486 e. The van der Waals surface area contributed by atoms with Crippen LogP contribution >= 0.6 is 0 Å².